The molecule has 49 heavy (non-hydrogen) atoms. The third kappa shape index (κ3) is 11.7. The molecule has 262 valence electrons. The van der Waals surface area contributed by atoms with Gasteiger partial charge in [-0.25, -0.2) is 9.59 Å². The van der Waals surface area contributed by atoms with Crippen LogP contribution < -0.4 is 15.4 Å². The monoisotopic (exact) mass is 672 g/mol. The lowest BCUT2D eigenvalue weighted by atomic mass is 10.0. The van der Waals surface area contributed by atoms with E-state index in [1.807, 2.05) is 61.5 Å². The number of likely N-dealkylation sites (N-methyl/N-ethyl adjacent to an activating group) is 1. The summed E-state index contributed by atoms with van der Waals surface area (Å²) in [5, 5.41) is 6.04. The van der Waals surface area contributed by atoms with Gasteiger partial charge >= 0.3 is 18.0 Å². The highest BCUT2D eigenvalue weighted by Gasteiger charge is 2.32. The highest BCUT2D eigenvalue weighted by molar-refractivity contribution is 5.97. The molecule has 10 nitrogen and oxygen atoms in total. The zero-order valence-corrected chi connectivity index (χ0v) is 29.1. The molecule has 1 fully saturated rings. The molecule has 0 bridgehead atoms. The lowest BCUT2D eigenvalue weighted by Gasteiger charge is -2.40. The van der Waals surface area contributed by atoms with E-state index in [9.17, 15) is 19.2 Å². The zero-order chi connectivity index (χ0) is 35.2. The van der Waals surface area contributed by atoms with Crippen LogP contribution in [-0.4, -0.2) is 74.4 Å². The molecule has 1 aliphatic heterocycles. The topological polar surface area (TPSA) is 120 Å². The van der Waals surface area contributed by atoms with Crippen LogP contribution in [0, 0.1) is 11.8 Å². The number of benzene rings is 3. The van der Waals surface area contributed by atoms with Gasteiger partial charge in [0.2, 0.25) is 5.91 Å². The van der Waals surface area contributed by atoms with Gasteiger partial charge in [-0.05, 0) is 55.2 Å². The lowest BCUT2D eigenvalue weighted by molar-refractivity contribution is -0.913. The number of esters is 2. The number of rotatable bonds is 15. The standard InChI is InChI=1S/C39H49N3O7/c1-28(2)37(44)49-38(45)31-17-19-32(20-18-31)47-27-11-10-12-29(3)36(43)40-23-26-42(4)24-21-33(22-25-42)48-39(46)41-35-16-9-8-15-34(35)30-13-6-5-7-14-30/h5-9,13-20,28-29,33H,10-12,21-27H2,1-4H3,(H-,40,41,43,46)/p+1. The molecule has 0 aliphatic carbocycles. The molecule has 3 aromatic rings. The van der Waals surface area contributed by atoms with Crippen LogP contribution in [0.5, 0.6) is 5.75 Å². The molecule has 1 aliphatic rings. The fourth-order valence-electron chi connectivity index (χ4n) is 5.71. The summed E-state index contributed by atoms with van der Waals surface area (Å²) in [7, 11) is 2.19. The van der Waals surface area contributed by atoms with Gasteiger partial charge in [-0.1, -0.05) is 69.3 Å². The Hall–Kier alpha value is -4.70. The number of nitrogens with zero attached hydrogens (tertiary/aromatic N) is 1. The van der Waals surface area contributed by atoms with Crippen molar-refractivity contribution in [3.05, 3.63) is 84.4 Å². The van der Waals surface area contributed by atoms with E-state index in [-0.39, 0.29) is 29.4 Å². The van der Waals surface area contributed by atoms with Gasteiger partial charge in [-0.3, -0.25) is 14.9 Å². The van der Waals surface area contributed by atoms with Crippen molar-refractivity contribution in [1.82, 2.24) is 5.32 Å². The number of hydrogen-bond donors (Lipinski definition) is 2. The fourth-order valence-corrected chi connectivity index (χ4v) is 5.71. The second-order valence-corrected chi connectivity index (χ2v) is 13.4. The van der Waals surface area contributed by atoms with Gasteiger partial charge in [-0.2, -0.15) is 0 Å². The molecular formula is C39H50N3O7+. The Labute approximate surface area is 289 Å². The van der Waals surface area contributed by atoms with Crippen LogP contribution in [0.1, 0.15) is 63.2 Å². The molecule has 1 atom stereocenters. The number of anilines is 1. The maximum Gasteiger partial charge on any atom is 0.411 e. The molecule has 1 heterocycles. The van der Waals surface area contributed by atoms with Gasteiger partial charge in [0.25, 0.3) is 0 Å². The van der Waals surface area contributed by atoms with E-state index in [1.165, 1.54) is 0 Å². The molecule has 1 saturated heterocycles. The first-order valence-electron chi connectivity index (χ1n) is 17.3. The quantitative estimate of drug-likeness (QED) is 0.0784. The predicted octanol–water partition coefficient (Wildman–Crippen LogP) is 6.85. The molecular weight excluding hydrogens is 622 g/mol. The minimum Gasteiger partial charge on any atom is -0.494 e. The molecule has 0 spiro atoms. The summed E-state index contributed by atoms with van der Waals surface area (Å²) in [6.45, 7) is 8.93. The molecule has 1 unspecified atom stereocenters. The number of hydrogen-bond acceptors (Lipinski definition) is 7. The Kier molecular flexibility index (Phi) is 13.8. The average Bonchev–Trinajstić information content (AvgIpc) is 3.10. The second kappa shape index (κ2) is 18.2. The predicted molar refractivity (Wildman–Crippen MR) is 189 cm³/mol. The lowest BCUT2D eigenvalue weighted by Crippen LogP contribution is -2.54. The number of nitrogens with one attached hydrogen (secondary N) is 2. The molecule has 2 N–H and O–H groups in total. The largest absolute Gasteiger partial charge is 0.494 e. The van der Waals surface area contributed by atoms with E-state index in [4.69, 9.17) is 14.2 Å². The number of carbonyl (C=O) groups is 4. The van der Waals surface area contributed by atoms with E-state index in [1.54, 1.807) is 38.1 Å². The van der Waals surface area contributed by atoms with Crippen molar-refractivity contribution in [3.63, 3.8) is 0 Å². The Bertz CT molecular complexity index is 1530. The third-order valence-corrected chi connectivity index (χ3v) is 8.96. The van der Waals surface area contributed by atoms with Crippen LogP contribution in [0.15, 0.2) is 78.9 Å². The van der Waals surface area contributed by atoms with Gasteiger partial charge in [-0.15, -0.1) is 0 Å². The molecule has 10 heteroatoms. The Balaban J connectivity index is 1.08. The van der Waals surface area contributed by atoms with E-state index in [2.05, 4.69) is 17.7 Å². The number of unbranched alkanes of at least 4 members (excludes halogenated alkanes) is 1. The summed E-state index contributed by atoms with van der Waals surface area (Å²) < 4.78 is 17.2. The van der Waals surface area contributed by atoms with Crippen molar-refractivity contribution >= 4 is 29.6 Å². The number of likely N-dealkylation sites (tertiary alicyclic amines) is 1. The first-order chi connectivity index (χ1) is 23.5. The summed E-state index contributed by atoms with van der Waals surface area (Å²) in [5.41, 5.74) is 2.98. The molecule has 0 aromatic heterocycles. The Morgan fingerprint density at radius 1 is 0.857 bits per heavy atom. The molecule has 4 rings (SSSR count). The summed E-state index contributed by atoms with van der Waals surface area (Å²) >= 11 is 0. The summed E-state index contributed by atoms with van der Waals surface area (Å²) in [6, 6.07) is 24.1. The average molecular weight is 673 g/mol. The second-order valence-electron chi connectivity index (χ2n) is 13.4. The number of amides is 2. The normalized spacial score (nSPS) is 17.9. The van der Waals surface area contributed by atoms with E-state index >= 15 is 0 Å². The Morgan fingerprint density at radius 3 is 2.22 bits per heavy atom. The van der Waals surface area contributed by atoms with Crippen LogP contribution in [0.25, 0.3) is 11.1 Å². The number of piperidine rings is 1. The number of carbonyl (C=O) groups excluding carboxylic acids is 4. The highest BCUT2D eigenvalue weighted by Crippen LogP contribution is 2.28. The maximum absolute atomic E-state index is 12.8. The molecule has 3 aromatic carbocycles. The maximum atomic E-state index is 12.8. The summed E-state index contributed by atoms with van der Waals surface area (Å²) in [6.07, 6.45) is 3.36. The van der Waals surface area contributed by atoms with Crippen LogP contribution in [0.3, 0.4) is 0 Å². The van der Waals surface area contributed by atoms with Crippen LogP contribution in [0.4, 0.5) is 10.5 Å². The SMILES string of the molecule is CC(C)C(=O)OC(=O)c1ccc(OCCCCC(C)C(=O)NCC[N+]2(C)CCC(OC(=O)Nc3ccccc3-c3ccccc3)CC2)cc1. The van der Waals surface area contributed by atoms with Crippen LogP contribution in [0.2, 0.25) is 0 Å². The van der Waals surface area contributed by atoms with E-state index in [0.717, 1.165) is 73.0 Å². The van der Waals surface area contributed by atoms with E-state index < -0.39 is 18.0 Å². The molecule has 2 amide bonds. The van der Waals surface area contributed by atoms with Crippen molar-refractivity contribution in [3.8, 4) is 16.9 Å². The third-order valence-electron chi connectivity index (χ3n) is 8.96. The minimum atomic E-state index is -0.675. The van der Waals surface area contributed by atoms with Crippen molar-refractivity contribution in [2.45, 2.75) is 59.0 Å². The van der Waals surface area contributed by atoms with Crippen LogP contribution >= 0.6 is 0 Å². The molecule has 0 radical (unpaired) electrons. The summed E-state index contributed by atoms with van der Waals surface area (Å²) in [5.74, 6) is -1.04. The smallest absolute Gasteiger partial charge is 0.411 e. The number of ether oxygens (including phenoxy) is 3. The highest BCUT2D eigenvalue weighted by atomic mass is 16.6. The zero-order valence-electron chi connectivity index (χ0n) is 29.1. The van der Waals surface area contributed by atoms with Crippen molar-refractivity contribution in [2.75, 3.05) is 45.2 Å². The molecule has 0 saturated carbocycles. The first-order valence-corrected chi connectivity index (χ1v) is 17.3. The van der Waals surface area contributed by atoms with Gasteiger partial charge in [0, 0.05) is 24.3 Å². The first kappa shape index (κ1) is 37.1. The number of para-hydroxylation sites is 1. The van der Waals surface area contributed by atoms with Gasteiger partial charge in [0.15, 0.2) is 0 Å². The Morgan fingerprint density at radius 2 is 1.53 bits per heavy atom. The van der Waals surface area contributed by atoms with E-state index in [0.29, 0.717) is 18.9 Å². The number of quaternary nitrogens is 1. The van der Waals surface area contributed by atoms with Crippen LogP contribution in [-0.2, 0) is 19.1 Å². The minimum absolute atomic E-state index is 0.0524. The van der Waals surface area contributed by atoms with Crippen molar-refractivity contribution in [1.29, 1.82) is 0 Å². The van der Waals surface area contributed by atoms with Gasteiger partial charge < -0.3 is 24.0 Å². The van der Waals surface area contributed by atoms with Gasteiger partial charge in [0.05, 0.1) is 57.0 Å². The van der Waals surface area contributed by atoms with Crippen molar-refractivity contribution < 1.29 is 37.9 Å². The van der Waals surface area contributed by atoms with Crippen molar-refractivity contribution in [2.24, 2.45) is 11.8 Å². The summed E-state index contributed by atoms with van der Waals surface area (Å²) in [4.78, 5) is 49.2. The van der Waals surface area contributed by atoms with Gasteiger partial charge in [0.1, 0.15) is 11.9 Å². The fraction of sp³-hybridized carbons (Fsp3) is 0.436.